The van der Waals surface area contributed by atoms with Gasteiger partial charge in [-0.05, 0) is 76.0 Å². The second kappa shape index (κ2) is 9.04. The number of likely N-dealkylation sites (tertiary alicyclic amines) is 1. The van der Waals surface area contributed by atoms with Gasteiger partial charge in [0, 0.05) is 6.54 Å². The van der Waals surface area contributed by atoms with E-state index in [4.69, 9.17) is 0 Å². The highest BCUT2D eigenvalue weighted by Gasteiger charge is 2.27. The second-order valence-electron chi connectivity index (χ2n) is 7.14. The number of rotatable bonds is 7. The van der Waals surface area contributed by atoms with Gasteiger partial charge >= 0.3 is 0 Å². The summed E-state index contributed by atoms with van der Waals surface area (Å²) < 4.78 is 0. The van der Waals surface area contributed by atoms with Crippen LogP contribution in [0.15, 0.2) is 0 Å². The lowest BCUT2D eigenvalue weighted by Crippen LogP contribution is -2.41. The largest absolute Gasteiger partial charge is 0.317 e. The molecular weight excluding hydrogens is 244 g/mol. The standard InChI is InChI=1S/C18H36N2/c1-3-5-6-16(4-2)15-20-13-9-18(10-14-20)17-7-11-19-12-8-17/h16-19H,3-15H2,1-2H3. The molecule has 0 spiro atoms. The summed E-state index contributed by atoms with van der Waals surface area (Å²) >= 11 is 0. The molecule has 2 nitrogen and oxygen atoms in total. The van der Waals surface area contributed by atoms with E-state index < -0.39 is 0 Å². The van der Waals surface area contributed by atoms with Crippen LogP contribution in [0.25, 0.3) is 0 Å². The number of piperidine rings is 2. The lowest BCUT2D eigenvalue weighted by atomic mass is 9.79. The van der Waals surface area contributed by atoms with Crippen molar-refractivity contribution in [2.45, 2.75) is 65.2 Å². The van der Waals surface area contributed by atoms with E-state index in [2.05, 4.69) is 24.1 Å². The van der Waals surface area contributed by atoms with Gasteiger partial charge in [0.15, 0.2) is 0 Å². The van der Waals surface area contributed by atoms with Gasteiger partial charge in [-0.25, -0.2) is 0 Å². The van der Waals surface area contributed by atoms with E-state index in [1.165, 1.54) is 84.1 Å². The minimum Gasteiger partial charge on any atom is -0.317 e. The highest BCUT2D eigenvalue weighted by atomic mass is 15.1. The molecule has 0 amide bonds. The number of nitrogens with zero attached hydrogens (tertiary/aromatic N) is 1. The fraction of sp³-hybridized carbons (Fsp3) is 1.00. The molecule has 2 saturated heterocycles. The van der Waals surface area contributed by atoms with E-state index in [0.29, 0.717) is 0 Å². The average molecular weight is 280 g/mol. The minimum atomic E-state index is 0.949. The maximum absolute atomic E-state index is 3.51. The van der Waals surface area contributed by atoms with Crippen molar-refractivity contribution >= 4 is 0 Å². The quantitative estimate of drug-likeness (QED) is 0.760. The van der Waals surface area contributed by atoms with Crippen molar-refractivity contribution in [3.05, 3.63) is 0 Å². The van der Waals surface area contributed by atoms with Crippen molar-refractivity contribution in [3.8, 4) is 0 Å². The molecule has 0 saturated carbocycles. The molecule has 1 atom stereocenters. The van der Waals surface area contributed by atoms with Gasteiger partial charge in [-0.3, -0.25) is 0 Å². The van der Waals surface area contributed by atoms with Gasteiger partial charge in [0.05, 0.1) is 0 Å². The molecule has 1 N–H and O–H groups in total. The van der Waals surface area contributed by atoms with Crippen molar-refractivity contribution in [1.29, 1.82) is 0 Å². The first-order valence-corrected chi connectivity index (χ1v) is 9.26. The van der Waals surface area contributed by atoms with E-state index in [9.17, 15) is 0 Å². The van der Waals surface area contributed by atoms with Crippen LogP contribution in [0, 0.1) is 17.8 Å². The first kappa shape index (κ1) is 16.3. The molecule has 118 valence electrons. The monoisotopic (exact) mass is 280 g/mol. The molecular formula is C18H36N2. The number of hydrogen-bond donors (Lipinski definition) is 1. The van der Waals surface area contributed by atoms with Crippen LogP contribution in [-0.4, -0.2) is 37.6 Å². The number of unbranched alkanes of at least 4 members (excludes halogenated alkanes) is 1. The van der Waals surface area contributed by atoms with Crippen LogP contribution in [-0.2, 0) is 0 Å². The van der Waals surface area contributed by atoms with Gasteiger partial charge in [0.25, 0.3) is 0 Å². The molecule has 0 bridgehead atoms. The van der Waals surface area contributed by atoms with Crippen LogP contribution >= 0.6 is 0 Å². The van der Waals surface area contributed by atoms with Crippen molar-refractivity contribution in [3.63, 3.8) is 0 Å². The van der Waals surface area contributed by atoms with Crippen LogP contribution in [0.2, 0.25) is 0 Å². The topological polar surface area (TPSA) is 15.3 Å². The summed E-state index contributed by atoms with van der Waals surface area (Å²) in [4.78, 5) is 2.77. The lowest BCUT2D eigenvalue weighted by Gasteiger charge is -2.39. The Balaban J connectivity index is 1.67. The summed E-state index contributed by atoms with van der Waals surface area (Å²) in [6, 6.07) is 0. The third kappa shape index (κ3) is 5.04. The van der Waals surface area contributed by atoms with E-state index in [-0.39, 0.29) is 0 Å². The van der Waals surface area contributed by atoms with Crippen LogP contribution in [0.5, 0.6) is 0 Å². The summed E-state index contributed by atoms with van der Waals surface area (Å²) in [5.74, 6) is 3.01. The van der Waals surface area contributed by atoms with Gasteiger partial charge in [0.2, 0.25) is 0 Å². The van der Waals surface area contributed by atoms with E-state index >= 15 is 0 Å². The fourth-order valence-corrected chi connectivity index (χ4v) is 4.21. The molecule has 1 unspecified atom stereocenters. The summed E-state index contributed by atoms with van der Waals surface area (Å²) in [5.41, 5.74) is 0. The zero-order valence-electron chi connectivity index (χ0n) is 13.9. The maximum Gasteiger partial charge on any atom is 0.000956 e. The Labute approximate surface area is 126 Å². The molecule has 0 aromatic carbocycles. The molecule has 20 heavy (non-hydrogen) atoms. The second-order valence-corrected chi connectivity index (χ2v) is 7.14. The third-order valence-corrected chi connectivity index (χ3v) is 5.74. The van der Waals surface area contributed by atoms with E-state index in [1.807, 2.05) is 0 Å². The Morgan fingerprint density at radius 3 is 2.25 bits per heavy atom. The Hall–Kier alpha value is -0.0800. The molecule has 2 heterocycles. The molecule has 2 aliphatic heterocycles. The van der Waals surface area contributed by atoms with Gasteiger partial charge in [-0.2, -0.15) is 0 Å². The molecule has 2 fully saturated rings. The predicted molar refractivity (Wildman–Crippen MR) is 88.1 cm³/mol. The van der Waals surface area contributed by atoms with Gasteiger partial charge in [-0.15, -0.1) is 0 Å². The first-order chi connectivity index (χ1) is 9.83. The molecule has 0 aromatic heterocycles. The van der Waals surface area contributed by atoms with Gasteiger partial charge in [0.1, 0.15) is 0 Å². The minimum absolute atomic E-state index is 0.949. The SMILES string of the molecule is CCCCC(CC)CN1CCC(C2CCNCC2)CC1. The van der Waals surface area contributed by atoms with Crippen molar-refractivity contribution < 1.29 is 0 Å². The van der Waals surface area contributed by atoms with Crippen LogP contribution in [0.4, 0.5) is 0 Å². The Bertz CT molecular complexity index is 240. The Morgan fingerprint density at radius 1 is 1.00 bits per heavy atom. The zero-order valence-corrected chi connectivity index (χ0v) is 13.9. The van der Waals surface area contributed by atoms with Crippen LogP contribution < -0.4 is 5.32 Å². The van der Waals surface area contributed by atoms with Crippen LogP contribution in [0.1, 0.15) is 65.2 Å². The van der Waals surface area contributed by atoms with E-state index in [0.717, 1.165) is 17.8 Å². The predicted octanol–water partition coefficient (Wildman–Crippen LogP) is 3.91. The average Bonchev–Trinajstić information content (AvgIpc) is 2.53. The number of nitrogens with one attached hydrogen (secondary N) is 1. The first-order valence-electron chi connectivity index (χ1n) is 9.26. The summed E-state index contributed by atoms with van der Waals surface area (Å²) in [6.45, 7) is 11.3. The van der Waals surface area contributed by atoms with Crippen LogP contribution in [0.3, 0.4) is 0 Å². The molecule has 0 radical (unpaired) electrons. The lowest BCUT2D eigenvalue weighted by molar-refractivity contribution is 0.114. The smallest absolute Gasteiger partial charge is 0.000956 e. The fourth-order valence-electron chi connectivity index (χ4n) is 4.21. The normalized spacial score (nSPS) is 24.9. The summed E-state index contributed by atoms with van der Waals surface area (Å²) in [6.07, 6.45) is 11.4. The summed E-state index contributed by atoms with van der Waals surface area (Å²) in [7, 11) is 0. The van der Waals surface area contributed by atoms with E-state index in [1.54, 1.807) is 0 Å². The molecule has 2 heteroatoms. The highest BCUT2D eigenvalue weighted by Crippen LogP contribution is 2.31. The maximum atomic E-state index is 3.51. The molecule has 2 aliphatic rings. The Morgan fingerprint density at radius 2 is 1.65 bits per heavy atom. The Kier molecular flexibility index (Phi) is 7.37. The van der Waals surface area contributed by atoms with Crippen molar-refractivity contribution in [1.82, 2.24) is 10.2 Å². The van der Waals surface area contributed by atoms with Gasteiger partial charge in [-0.1, -0.05) is 33.1 Å². The number of hydrogen-bond acceptors (Lipinski definition) is 2. The van der Waals surface area contributed by atoms with Crippen molar-refractivity contribution in [2.24, 2.45) is 17.8 Å². The summed E-state index contributed by atoms with van der Waals surface area (Å²) in [5, 5.41) is 3.51. The zero-order chi connectivity index (χ0) is 14.2. The third-order valence-electron chi connectivity index (χ3n) is 5.74. The molecule has 0 aromatic rings. The molecule has 0 aliphatic carbocycles. The van der Waals surface area contributed by atoms with Crippen molar-refractivity contribution in [2.75, 3.05) is 32.7 Å². The van der Waals surface area contributed by atoms with Gasteiger partial charge < -0.3 is 10.2 Å². The molecule has 2 rings (SSSR count). The highest BCUT2D eigenvalue weighted by molar-refractivity contribution is 4.81.